The molecule has 17 heteroatoms. The number of carbonyl (C=O) groups is 1. The number of rotatable bonds is 11. The van der Waals surface area contributed by atoms with Crippen LogP contribution in [0.3, 0.4) is 0 Å². The highest BCUT2D eigenvalue weighted by atomic mass is 35.5. The third-order valence-electron chi connectivity index (χ3n) is 6.03. The van der Waals surface area contributed by atoms with Crippen molar-refractivity contribution < 1.29 is 36.2 Å². The fourth-order valence-electron chi connectivity index (χ4n) is 3.87. The minimum absolute atomic E-state index is 0. The summed E-state index contributed by atoms with van der Waals surface area (Å²) in [7, 11) is 0. The van der Waals surface area contributed by atoms with E-state index in [2.05, 4.69) is 35.7 Å². The van der Waals surface area contributed by atoms with Gasteiger partial charge in [-0.3, -0.25) is 4.79 Å². The Morgan fingerprint density at radius 3 is 2.55 bits per heavy atom. The van der Waals surface area contributed by atoms with Gasteiger partial charge in [0.25, 0.3) is 5.91 Å². The first kappa shape index (κ1) is 32.6. The van der Waals surface area contributed by atoms with Crippen molar-refractivity contribution in [3.63, 3.8) is 0 Å². The van der Waals surface area contributed by atoms with E-state index in [1.807, 2.05) is 0 Å². The summed E-state index contributed by atoms with van der Waals surface area (Å²) in [6.45, 7) is -1.18. The van der Waals surface area contributed by atoms with Crippen LogP contribution in [0.2, 0.25) is 0 Å². The van der Waals surface area contributed by atoms with E-state index in [1.54, 1.807) is 6.92 Å². The van der Waals surface area contributed by atoms with E-state index in [9.17, 15) is 22.4 Å². The van der Waals surface area contributed by atoms with Crippen LogP contribution < -0.4 is 20.5 Å². The van der Waals surface area contributed by atoms with Gasteiger partial charge < -0.3 is 24.9 Å². The lowest BCUT2D eigenvalue weighted by Gasteiger charge is -2.16. The number of nitrogens with one attached hydrogen (secondary N) is 2. The van der Waals surface area contributed by atoms with E-state index in [4.69, 9.17) is 14.9 Å². The highest BCUT2D eigenvalue weighted by molar-refractivity contribution is 5.94. The van der Waals surface area contributed by atoms with Gasteiger partial charge in [0.05, 0.1) is 12.6 Å². The predicted molar refractivity (Wildman–Crippen MR) is 144 cm³/mol. The van der Waals surface area contributed by atoms with E-state index >= 15 is 0 Å². The van der Waals surface area contributed by atoms with Gasteiger partial charge in [0.15, 0.2) is 23.0 Å². The lowest BCUT2D eigenvalue weighted by Crippen LogP contribution is -2.32. The number of ether oxygens (including phenoxy) is 2. The number of aromatic nitrogens is 5. The van der Waals surface area contributed by atoms with Crippen LogP contribution in [-0.4, -0.2) is 44.7 Å². The number of tetrazole rings is 1. The van der Waals surface area contributed by atoms with Gasteiger partial charge in [-0.2, -0.15) is 14.0 Å². The zero-order valence-electron chi connectivity index (χ0n) is 21.7. The van der Waals surface area contributed by atoms with E-state index in [0.717, 1.165) is 25.0 Å². The Kier molecular flexibility index (Phi) is 10.7. The van der Waals surface area contributed by atoms with Crippen molar-refractivity contribution >= 4 is 30.7 Å². The van der Waals surface area contributed by atoms with Gasteiger partial charge in [-0.15, -0.1) is 35.0 Å². The Bertz CT molecular complexity index is 1500. The maximum Gasteiger partial charge on any atom is 0.387 e. The van der Waals surface area contributed by atoms with Gasteiger partial charge >= 0.3 is 6.61 Å². The Balaban J connectivity index is 0.00000242. The van der Waals surface area contributed by atoms with Crippen LogP contribution in [0.1, 0.15) is 59.5 Å². The summed E-state index contributed by atoms with van der Waals surface area (Å²) in [4.78, 5) is 17.7. The third kappa shape index (κ3) is 7.46. The topological polar surface area (TPSA) is 154 Å². The molecule has 1 amide bonds. The van der Waals surface area contributed by atoms with Gasteiger partial charge in [0.1, 0.15) is 17.7 Å². The molecule has 0 radical (unpaired) electrons. The van der Waals surface area contributed by atoms with Crippen LogP contribution in [0.4, 0.5) is 17.6 Å². The molecule has 0 saturated heterocycles. The van der Waals surface area contributed by atoms with Gasteiger partial charge in [0.2, 0.25) is 11.7 Å². The van der Waals surface area contributed by atoms with Crippen molar-refractivity contribution in [2.24, 2.45) is 11.7 Å². The number of hydrogen-bond acceptors (Lipinski definition) is 9. The van der Waals surface area contributed by atoms with Crippen LogP contribution in [0.5, 0.6) is 11.5 Å². The molecule has 5 rings (SSSR count). The fourth-order valence-corrected chi connectivity index (χ4v) is 3.87. The van der Waals surface area contributed by atoms with Crippen LogP contribution >= 0.6 is 24.8 Å². The molecular weight excluding hydrogens is 609 g/mol. The van der Waals surface area contributed by atoms with Crippen LogP contribution in [-0.2, 0) is 0 Å². The van der Waals surface area contributed by atoms with Crippen molar-refractivity contribution in [2.75, 3.05) is 6.61 Å². The normalized spacial score (nSPS) is 14.0. The van der Waals surface area contributed by atoms with Crippen molar-refractivity contribution in [3.05, 3.63) is 70.9 Å². The minimum Gasteiger partial charge on any atom is -0.489 e. The molecule has 1 aliphatic rings. The molecule has 4 N–H and O–H groups in total. The zero-order valence-corrected chi connectivity index (χ0v) is 23.4. The molecule has 1 saturated carbocycles. The summed E-state index contributed by atoms with van der Waals surface area (Å²) in [5.41, 5.74) is 5.98. The van der Waals surface area contributed by atoms with Crippen molar-refractivity contribution in [1.82, 2.24) is 30.9 Å². The van der Waals surface area contributed by atoms with Crippen molar-refractivity contribution in [1.29, 1.82) is 0 Å². The van der Waals surface area contributed by atoms with E-state index in [0.29, 0.717) is 24.2 Å². The maximum absolute atomic E-state index is 14.6. The smallest absolute Gasteiger partial charge is 0.387 e. The maximum atomic E-state index is 14.6. The lowest BCUT2D eigenvalue weighted by atomic mass is 10.0. The molecule has 0 aliphatic heterocycles. The number of halogens is 6. The molecule has 4 aromatic rings. The highest BCUT2D eigenvalue weighted by Crippen LogP contribution is 2.37. The van der Waals surface area contributed by atoms with Gasteiger partial charge in [0, 0.05) is 17.2 Å². The largest absolute Gasteiger partial charge is 0.489 e. The number of amides is 1. The molecule has 1 aliphatic carbocycles. The molecule has 0 unspecified atom stereocenters. The molecule has 2 heterocycles. The van der Waals surface area contributed by atoms with Gasteiger partial charge in [-0.1, -0.05) is 11.3 Å². The quantitative estimate of drug-likeness (QED) is 0.195. The number of aromatic amines is 1. The molecule has 2 aromatic heterocycles. The monoisotopic (exact) mass is 633 g/mol. The summed E-state index contributed by atoms with van der Waals surface area (Å²) in [6.07, 6.45) is 1.96. The fraction of sp³-hybridized carbons (Fsp3) is 0.320. The first-order valence-corrected chi connectivity index (χ1v) is 12.2. The second-order valence-corrected chi connectivity index (χ2v) is 9.16. The first-order chi connectivity index (χ1) is 19.2. The van der Waals surface area contributed by atoms with Crippen molar-refractivity contribution in [3.8, 4) is 23.0 Å². The van der Waals surface area contributed by atoms with E-state index in [1.165, 1.54) is 18.2 Å². The Morgan fingerprint density at radius 1 is 1.17 bits per heavy atom. The molecule has 11 nitrogen and oxygen atoms in total. The van der Waals surface area contributed by atoms with Crippen LogP contribution in [0.15, 0.2) is 40.8 Å². The summed E-state index contributed by atoms with van der Waals surface area (Å²) in [5.74, 6) is -2.53. The molecular formula is C25H25Cl2F4N7O4. The second-order valence-electron chi connectivity index (χ2n) is 9.16. The predicted octanol–water partition coefficient (Wildman–Crippen LogP) is 4.91. The van der Waals surface area contributed by atoms with E-state index in [-0.39, 0.29) is 65.0 Å². The summed E-state index contributed by atoms with van der Waals surface area (Å²) >= 11 is 0. The number of carbonyl (C=O) groups excluding carboxylic acids is 1. The third-order valence-corrected chi connectivity index (χ3v) is 6.03. The number of hydrogen-bond donors (Lipinski definition) is 3. The first-order valence-electron chi connectivity index (χ1n) is 12.2. The molecule has 0 spiro atoms. The number of benzene rings is 2. The summed E-state index contributed by atoms with van der Waals surface area (Å²) in [5, 5.41) is 15.9. The molecule has 42 heavy (non-hydrogen) atoms. The number of nitrogens with zero attached hydrogens (tertiary/aromatic N) is 4. The number of oxazole rings is 1. The van der Waals surface area contributed by atoms with Crippen molar-refractivity contribution in [2.45, 2.75) is 38.5 Å². The van der Waals surface area contributed by atoms with Crippen LogP contribution in [0.25, 0.3) is 11.5 Å². The van der Waals surface area contributed by atoms with Gasteiger partial charge in [-0.05, 0) is 49.9 Å². The number of H-pyrrole nitrogens is 1. The standard InChI is InChI=1S/C25H23F4N7O4.2ClH/c1-11(30)21-20(23(37)31-19(22-33-35-36-34-22)15-6-5-14(26)9-16(15)27)32-24(40-21)13-4-7-17(39-25(28)29)18(8-13)38-10-12-2-3-12;;/h4-9,11-12,19,25H,2-3,10,30H2,1H3,(H,31,37)(H,33,34,35,36);2*1H/t11-,19+;;/m0../s1. The molecule has 226 valence electrons. The summed E-state index contributed by atoms with van der Waals surface area (Å²) in [6, 6.07) is 4.83. The minimum atomic E-state index is -3.06. The Hall–Kier alpha value is -3.95. The molecule has 2 atom stereocenters. The summed E-state index contributed by atoms with van der Waals surface area (Å²) < 4.78 is 70.1. The number of alkyl halides is 2. The lowest BCUT2D eigenvalue weighted by molar-refractivity contribution is -0.0515. The number of nitrogens with two attached hydrogens (primary N) is 1. The Morgan fingerprint density at radius 2 is 1.93 bits per heavy atom. The molecule has 1 fully saturated rings. The average molecular weight is 634 g/mol. The second kappa shape index (κ2) is 13.8. The molecule has 0 bridgehead atoms. The average Bonchev–Trinajstić information content (AvgIpc) is 3.37. The highest BCUT2D eigenvalue weighted by Gasteiger charge is 2.30. The Labute approximate surface area is 248 Å². The van der Waals surface area contributed by atoms with Crippen LogP contribution in [0, 0.1) is 17.6 Å². The zero-order chi connectivity index (χ0) is 28.4. The SMILES string of the molecule is C[C@H](N)c1oc(-c2ccc(OC(F)F)c(OCC3CC3)c2)nc1C(=O)N[C@@H](c1nn[nH]n1)c1ccc(F)cc1F.Cl.Cl. The van der Waals surface area contributed by atoms with E-state index < -0.39 is 36.2 Å². The van der Waals surface area contributed by atoms with Gasteiger partial charge in [-0.25, -0.2) is 13.8 Å². The molecule has 2 aromatic carbocycles.